The van der Waals surface area contributed by atoms with E-state index in [2.05, 4.69) is 0 Å². The number of methoxy groups -OCH3 is 2. The predicted molar refractivity (Wildman–Crippen MR) is 85.2 cm³/mol. The number of halogens is 1. The van der Waals surface area contributed by atoms with Gasteiger partial charge < -0.3 is 14.4 Å². The van der Waals surface area contributed by atoms with Crippen molar-refractivity contribution in [2.45, 2.75) is 32.2 Å². The molecule has 1 saturated carbocycles. The first-order valence-electron chi connectivity index (χ1n) is 8.27. The van der Waals surface area contributed by atoms with Crippen LogP contribution in [0.15, 0.2) is 12.1 Å². The number of benzene rings is 1. The van der Waals surface area contributed by atoms with Crippen molar-refractivity contribution in [2.24, 2.45) is 11.8 Å². The molecule has 1 fully saturated rings. The molecule has 3 rings (SSSR count). The van der Waals surface area contributed by atoms with Crippen LogP contribution in [-0.2, 0) is 16.1 Å². The van der Waals surface area contributed by atoms with Crippen LogP contribution in [0.5, 0.6) is 5.75 Å². The zero-order valence-electron chi connectivity index (χ0n) is 14.0. The van der Waals surface area contributed by atoms with Crippen molar-refractivity contribution in [1.29, 1.82) is 0 Å². The number of ether oxygens (including phenoxy) is 2. The van der Waals surface area contributed by atoms with E-state index in [0.717, 1.165) is 25.7 Å². The fraction of sp³-hybridized carbons (Fsp3) is 0.556. The maximum Gasteiger partial charge on any atom is 0.308 e. The third-order valence-electron chi connectivity index (χ3n) is 5.13. The molecule has 0 spiro atoms. The molecule has 130 valence electrons. The fourth-order valence-electron chi connectivity index (χ4n) is 3.76. The van der Waals surface area contributed by atoms with Gasteiger partial charge in [-0.3, -0.25) is 9.59 Å². The van der Waals surface area contributed by atoms with Gasteiger partial charge >= 0.3 is 5.97 Å². The monoisotopic (exact) mass is 335 g/mol. The molecule has 0 aromatic heterocycles. The number of amides is 1. The molecule has 0 bridgehead atoms. The van der Waals surface area contributed by atoms with E-state index in [9.17, 15) is 14.0 Å². The summed E-state index contributed by atoms with van der Waals surface area (Å²) < 4.78 is 24.1. The molecule has 1 aliphatic carbocycles. The van der Waals surface area contributed by atoms with Crippen LogP contribution >= 0.6 is 0 Å². The Balaban J connectivity index is 1.63. The Morgan fingerprint density at radius 3 is 2.58 bits per heavy atom. The Morgan fingerprint density at radius 2 is 1.96 bits per heavy atom. The van der Waals surface area contributed by atoms with Crippen molar-refractivity contribution < 1.29 is 23.5 Å². The van der Waals surface area contributed by atoms with Gasteiger partial charge in [0.15, 0.2) is 11.6 Å². The molecular formula is C18H22FNO4. The summed E-state index contributed by atoms with van der Waals surface area (Å²) in [5, 5.41) is 0. The van der Waals surface area contributed by atoms with Crippen molar-refractivity contribution in [3.63, 3.8) is 0 Å². The summed E-state index contributed by atoms with van der Waals surface area (Å²) in [7, 11) is 2.80. The van der Waals surface area contributed by atoms with E-state index in [1.54, 1.807) is 17.0 Å². The number of nitrogens with zero attached hydrogens (tertiary/aromatic N) is 1. The van der Waals surface area contributed by atoms with Gasteiger partial charge in [0.1, 0.15) is 0 Å². The van der Waals surface area contributed by atoms with Crippen LogP contribution in [0, 0.1) is 17.7 Å². The van der Waals surface area contributed by atoms with Crippen molar-refractivity contribution in [2.75, 3.05) is 20.8 Å². The summed E-state index contributed by atoms with van der Waals surface area (Å²) in [6.45, 7) is 1.04. The molecule has 6 heteroatoms. The standard InChI is InChI=1S/C18H22FNO4/c1-23-14-8-7-13-10-20(17(21)15(13)16(14)19)9-11-3-5-12(6-4-11)18(22)24-2/h7-8,11-12H,3-6,9-10H2,1-2H3. The smallest absolute Gasteiger partial charge is 0.308 e. The Labute approximate surface area is 140 Å². The molecule has 24 heavy (non-hydrogen) atoms. The molecule has 1 amide bonds. The first-order valence-corrected chi connectivity index (χ1v) is 8.27. The molecule has 1 aromatic carbocycles. The molecule has 1 aliphatic heterocycles. The van der Waals surface area contributed by atoms with E-state index in [0.29, 0.717) is 24.6 Å². The second-order valence-corrected chi connectivity index (χ2v) is 6.54. The zero-order chi connectivity index (χ0) is 17.3. The minimum Gasteiger partial charge on any atom is -0.494 e. The quantitative estimate of drug-likeness (QED) is 0.794. The van der Waals surface area contributed by atoms with E-state index in [1.165, 1.54) is 14.2 Å². The van der Waals surface area contributed by atoms with Gasteiger partial charge in [-0.2, -0.15) is 0 Å². The van der Waals surface area contributed by atoms with E-state index >= 15 is 0 Å². The van der Waals surface area contributed by atoms with Crippen LogP contribution in [0.25, 0.3) is 0 Å². The van der Waals surface area contributed by atoms with Crippen molar-refractivity contribution in [1.82, 2.24) is 4.90 Å². The zero-order valence-corrected chi connectivity index (χ0v) is 14.0. The molecule has 5 nitrogen and oxygen atoms in total. The number of carbonyl (C=O) groups excluding carboxylic acids is 2. The highest BCUT2D eigenvalue weighted by atomic mass is 19.1. The van der Waals surface area contributed by atoms with E-state index in [4.69, 9.17) is 9.47 Å². The number of hydrogen-bond donors (Lipinski definition) is 0. The van der Waals surface area contributed by atoms with Crippen molar-refractivity contribution >= 4 is 11.9 Å². The highest BCUT2D eigenvalue weighted by Crippen LogP contribution is 2.34. The van der Waals surface area contributed by atoms with Crippen molar-refractivity contribution in [3.8, 4) is 5.75 Å². The van der Waals surface area contributed by atoms with Gasteiger partial charge in [-0.25, -0.2) is 4.39 Å². The van der Waals surface area contributed by atoms with Gasteiger partial charge in [0.05, 0.1) is 25.7 Å². The van der Waals surface area contributed by atoms with Gasteiger partial charge in [0, 0.05) is 13.1 Å². The number of rotatable bonds is 4. The first-order chi connectivity index (χ1) is 11.5. The van der Waals surface area contributed by atoms with E-state index in [1.807, 2.05) is 0 Å². The molecule has 1 heterocycles. The van der Waals surface area contributed by atoms with Crippen LogP contribution in [0.2, 0.25) is 0 Å². The molecule has 0 N–H and O–H groups in total. The largest absolute Gasteiger partial charge is 0.494 e. The summed E-state index contributed by atoms with van der Waals surface area (Å²) in [5.41, 5.74) is 0.846. The molecule has 2 aliphatic rings. The Morgan fingerprint density at radius 1 is 1.25 bits per heavy atom. The van der Waals surface area contributed by atoms with Gasteiger partial charge in [0.2, 0.25) is 0 Å². The maximum absolute atomic E-state index is 14.3. The van der Waals surface area contributed by atoms with Gasteiger partial charge in [-0.15, -0.1) is 0 Å². The lowest BCUT2D eigenvalue weighted by Crippen LogP contribution is -2.33. The minimum atomic E-state index is -0.572. The Kier molecular flexibility index (Phi) is 4.73. The first kappa shape index (κ1) is 16.7. The molecule has 0 saturated heterocycles. The average molecular weight is 335 g/mol. The second-order valence-electron chi connectivity index (χ2n) is 6.54. The minimum absolute atomic E-state index is 0.0283. The molecule has 1 aromatic rings. The number of hydrogen-bond acceptors (Lipinski definition) is 4. The highest BCUT2D eigenvalue weighted by molar-refractivity contribution is 5.99. The lowest BCUT2D eigenvalue weighted by atomic mass is 9.82. The predicted octanol–water partition coefficient (Wildman–Crippen LogP) is 2.77. The van der Waals surface area contributed by atoms with Gasteiger partial charge in [0.25, 0.3) is 5.91 Å². The molecule has 0 atom stereocenters. The third kappa shape index (κ3) is 2.97. The lowest BCUT2D eigenvalue weighted by molar-refractivity contribution is -0.146. The summed E-state index contributed by atoms with van der Waals surface area (Å²) in [5.74, 6) is -0.572. The van der Waals surface area contributed by atoms with E-state index < -0.39 is 5.82 Å². The van der Waals surface area contributed by atoms with Crippen LogP contribution in [-0.4, -0.2) is 37.5 Å². The maximum atomic E-state index is 14.3. The number of carbonyl (C=O) groups is 2. The van der Waals surface area contributed by atoms with Gasteiger partial charge in [-0.05, 0) is 43.2 Å². The Hall–Kier alpha value is -2.11. The van der Waals surface area contributed by atoms with Crippen LogP contribution in [0.1, 0.15) is 41.6 Å². The van der Waals surface area contributed by atoms with Crippen LogP contribution in [0.4, 0.5) is 4.39 Å². The normalized spacial score (nSPS) is 23.1. The Bertz CT molecular complexity index is 653. The fourth-order valence-corrected chi connectivity index (χ4v) is 3.76. The SMILES string of the molecule is COC(=O)C1CCC(CN2Cc3ccc(OC)c(F)c3C2=O)CC1. The summed E-state index contributed by atoms with van der Waals surface area (Å²) >= 11 is 0. The van der Waals surface area contributed by atoms with Crippen molar-refractivity contribution in [3.05, 3.63) is 29.1 Å². The molecular weight excluding hydrogens is 313 g/mol. The summed E-state index contributed by atoms with van der Waals surface area (Å²) in [4.78, 5) is 25.8. The topological polar surface area (TPSA) is 55.8 Å². The molecule has 0 radical (unpaired) electrons. The van der Waals surface area contributed by atoms with Crippen LogP contribution < -0.4 is 4.74 Å². The van der Waals surface area contributed by atoms with E-state index in [-0.39, 0.29) is 29.1 Å². The number of esters is 1. The summed E-state index contributed by atoms with van der Waals surface area (Å²) in [6, 6.07) is 3.32. The third-order valence-corrected chi connectivity index (χ3v) is 5.13. The van der Waals surface area contributed by atoms with Crippen LogP contribution in [0.3, 0.4) is 0 Å². The lowest BCUT2D eigenvalue weighted by Gasteiger charge is -2.30. The van der Waals surface area contributed by atoms with Gasteiger partial charge in [-0.1, -0.05) is 6.07 Å². The average Bonchev–Trinajstić information content (AvgIpc) is 2.92. The molecule has 0 unspecified atom stereocenters. The summed E-state index contributed by atoms with van der Waals surface area (Å²) in [6.07, 6.45) is 3.33. The second kappa shape index (κ2) is 6.79. The highest BCUT2D eigenvalue weighted by Gasteiger charge is 2.35. The number of fused-ring (bicyclic) bond motifs is 1.